The molecule has 0 aliphatic heterocycles. The highest BCUT2D eigenvalue weighted by Gasteiger charge is 2.33. The third kappa shape index (κ3) is 2.80. The number of rotatable bonds is 3. The van der Waals surface area contributed by atoms with E-state index in [2.05, 4.69) is 0 Å². The lowest BCUT2D eigenvalue weighted by atomic mass is 10.0. The zero-order valence-electron chi connectivity index (χ0n) is 9.73. The van der Waals surface area contributed by atoms with Crippen molar-refractivity contribution in [1.82, 2.24) is 0 Å². The maximum absolute atomic E-state index is 11.7. The molecule has 15 heavy (non-hydrogen) atoms. The van der Waals surface area contributed by atoms with Gasteiger partial charge in [0.15, 0.2) is 0 Å². The SMILES string of the molecule is COC(=O)C(c1ccccc1)[N+](C)(C)C. The minimum Gasteiger partial charge on any atom is -0.464 e. The van der Waals surface area contributed by atoms with Crippen LogP contribution in [0.5, 0.6) is 0 Å². The zero-order valence-corrected chi connectivity index (χ0v) is 9.73. The first-order valence-electron chi connectivity index (χ1n) is 4.90. The molecule has 0 amide bonds. The van der Waals surface area contributed by atoms with Crippen LogP contribution in [0.4, 0.5) is 0 Å². The molecule has 1 unspecified atom stereocenters. The molecule has 0 aliphatic rings. The number of carbonyl (C=O) groups excluding carboxylic acids is 1. The fourth-order valence-electron chi connectivity index (χ4n) is 1.65. The number of hydrogen-bond acceptors (Lipinski definition) is 2. The number of benzene rings is 1. The van der Waals surface area contributed by atoms with Crippen LogP contribution in [0, 0.1) is 0 Å². The fourth-order valence-corrected chi connectivity index (χ4v) is 1.65. The highest BCUT2D eigenvalue weighted by molar-refractivity contribution is 5.76. The molecule has 0 spiro atoms. The van der Waals surface area contributed by atoms with E-state index in [4.69, 9.17) is 4.74 Å². The first-order valence-corrected chi connectivity index (χ1v) is 4.90. The second-order valence-corrected chi connectivity index (χ2v) is 4.45. The summed E-state index contributed by atoms with van der Waals surface area (Å²) in [4.78, 5) is 11.7. The van der Waals surface area contributed by atoms with Crippen molar-refractivity contribution in [2.45, 2.75) is 6.04 Å². The quantitative estimate of drug-likeness (QED) is 0.557. The molecule has 1 aromatic carbocycles. The number of quaternary nitrogens is 1. The number of nitrogens with zero attached hydrogens (tertiary/aromatic N) is 1. The van der Waals surface area contributed by atoms with E-state index in [-0.39, 0.29) is 12.0 Å². The van der Waals surface area contributed by atoms with Crippen LogP contribution >= 0.6 is 0 Å². The predicted octanol–water partition coefficient (Wildman–Crippen LogP) is 1.61. The molecule has 0 aromatic heterocycles. The Morgan fingerprint density at radius 3 is 2.13 bits per heavy atom. The third-order valence-electron chi connectivity index (χ3n) is 2.31. The van der Waals surface area contributed by atoms with Crippen molar-refractivity contribution in [3.05, 3.63) is 35.9 Å². The smallest absolute Gasteiger partial charge is 0.369 e. The normalized spacial score (nSPS) is 13.3. The molecule has 1 rings (SSSR count). The highest BCUT2D eigenvalue weighted by Crippen LogP contribution is 2.24. The van der Waals surface area contributed by atoms with Crippen molar-refractivity contribution in [3.63, 3.8) is 0 Å². The summed E-state index contributed by atoms with van der Waals surface area (Å²) in [6.07, 6.45) is 0. The number of esters is 1. The van der Waals surface area contributed by atoms with Gasteiger partial charge in [0, 0.05) is 5.56 Å². The standard InChI is InChI=1S/C12H18NO2/c1-13(2,3)11(12(14)15-4)10-8-6-5-7-9-10/h5-9,11H,1-4H3/q+1. The first kappa shape index (κ1) is 11.7. The Morgan fingerprint density at radius 2 is 1.73 bits per heavy atom. The topological polar surface area (TPSA) is 26.3 Å². The largest absolute Gasteiger partial charge is 0.464 e. The van der Waals surface area contributed by atoms with Crippen LogP contribution in [0.2, 0.25) is 0 Å². The molecule has 3 nitrogen and oxygen atoms in total. The molecule has 0 heterocycles. The second-order valence-electron chi connectivity index (χ2n) is 4.45. The Hall–Kier alpha value is -1.35. The molecule has 0 saturated heterocycles. The van der Waals surface area contributed by atoms with Gasteiger partial charge in [0.2, 0.25) is 6.04 Å². The molecular formula is C12H18NO2+. The molecule has 0 N–H and O–H groups in total. The summed E-state index contributed by atoms with van der Waals surface area (Å²) in [5, 5.41) is 0. The maximum Gasteiger partial charge on any atom is 0.369 e. The second kappa shape index (κ2) is 4.45. The third-order valence-corrected chi connectivity index (χ3v) is 2.31. The van der Waals surface area contributed by atoms with Crippen LogP contribution < -0.4 is 0 Å². The number of carbonyl (C=O) groups is 1. The highest BCUT2D eigenvalue weighted by atomic mass is 16.5. The summed E-state index contributed by atoms with van der Waals surface area (Å²) in [6, 6.07) is 9.43. The first-order chi connectivity index (χ1) is 6.96. The molecule has 0 radical (unpaired) electrons. The van der Waals surface area contributed by atoms with Crippen molar-refractivity contribution in [2.24, 2.45) is 0 Å². The van der Waals surface area contributed by atoms with Crippen molar-refractivity contribution in [2.75, 3.05) is 28.3 Å². The summed E-state index contributed by atoms with van der Waals surface area (Å²) >= 11 is 0. The number of methoxy groups -OCH3 is 1. The summed E-state index contributed by atoms with van der Waals surface area (Å²) in [5.41, 5.74) is 0.983. The molecule has 82 valence electrons. The molecule has 1 aromatic rings. The lowest BCUT2D eigenvalue weighted by molar-refractivity contribution is -0.893. The molecule has 1 atom stereocenters. The van der Waals surface area contributed by atoms with Crippen LogP contribution in [0.1, 0.15) is 11.6 Å². The van der Waals surface area contributed by atoms with E-state index in [0.29, 0.717) is 4.48 Å². The van der Waals surface area contributed by atoms with Gasteiger partial charge in [-0.1, -0.05) is 30.3 Å². The van der Waals surface area contributed by atoms with Crippen molar-refractivity contribution in [3.8, 4) is 0 Å². The van der Waals surface area contributed by atoms with E-state index in [1.165, 1.54) is 7.11 Å². The summed E-state index contributed by atoms with van der Waals surface area (Å²) in [7, 11) is 7.37. The van der Waals surface area contributed by atoms with Gasteiger partial charge in [-0.3, -0.25) is 0 Å². The average Bonchev–Trinajstić information content (AvgIpc) is 2.17. The Labute approximate surface area is 90.9 Å². The molecule has 0 fully saturated rings. The lowest BCUT2D eigenvalue weighted by Gasteiger charge is -2.32. The molecule has 3 heteroatoms. The van der Waals surface area contributed by atoms with Gasteiger partial charge in [-0.2, -0.15) is 0 Å². The van der Waals surface area contributed by atoms with Crippen LogP contribution in [-0.2, 0) is 9.53 Å². The van der Waals surface area contributed by atoms with Crippen LogP contribution in [-0.4, -0.2) is 38.7 Å². The van der Waals surface area contributed by atoms with Crippen molar-refractivity contribution < 1.29 is 14.0 Å². The number of likely N-dealkylation sites (N-methyl/N-ethyl adjacent to an activating group) is 1. The van der Waals surface area contributed by atoms with Gasteiger partial charge in [0.1, 0.15) is 0 Å². The van der Waals surface area contributed by atoms with Gasteiger partial charge < -0.3 is 9.22 Å². The minimum absolute atomic E-state index is 0.200. The molecular weight excluding hydrogens is 190 g/mol. The van der Waals surface area contributed by atoms with E-state index < -0.39 is 0 Å². The van der Waals surface area contributed by atoms with Gasteiger partial charge in [-0.05, 0) is 0 Å². The van der Waals surface area contributed by atoms with Gasteiger partial charge in [-0.25, -0.2) is 4.79 Å². The number of hydrogen-bond donors (Lipinski definition) is 0. The summed E-state index contributed by atoms with van der Waals surface area (Å²) in [5.74, 6) is -0.200. The van der Waals surface area contributed by atoms with Gasteiger partial charge in [0.05, 0.1) is 28.3 Å². The van der Waals surface area contributed by atoms with Crippen molar-refractivity contribution in [1.29, 1.82) is 0 Å². The molecule has 0 saturated carbocycles. The Bertz CT molecular complexity index is 327. The lowest BCUT2D eigenvalue weighted by Crippen LogP contribution is -2.43. The Kier molecular flexibility index (Phi) is 3.48. The van der Waals surface area contributed by atoms with E-state index in [9.17, 15) is 4.79 Å². The van der Waals surface area contributed by atoms with Crippen LogP contribution in [0.15, 0.2) is 30.3 Å². The van der Waals surface area contributed by atoms with E-state index in [1.807, 2.05) is 51.5 Å². The zero-order chi connectivity index (χ0) is 11.5. The monoisotopic (exact) mass is 208 g/mol. The van der Waals surface area contributed by atoms with Gasteiger partial charge in [0.25, 0.3) is 0 Å². The van der Waals surface area contributed by atoms with E-state index >= 15 is 0 Å². The predicted molar refractivity (Wildman–Crippen MR) is 59.2 cm³/mol. The Balaban J connectivity index is 3.08. The van der Waals surface area contributed by atoms with Crippen LogP contribution in [0.25, 0.3) is 0 Å². The molecule has 0 aliphatic carbocycles. The Morgan fingerprint density at radius 1 is 1.20 bits per heavy atom. The van der Waals surface area contributed by atoms with Gasteiger partial charge >= 0.3 is 5.97 Å². The van der Waals surface area contributed by atoms with Gasteiger partial charge in [-0.15, -0.1) is 0 Å². The number of ether oxygens (including phenoxy) is 1. The summed E-state index contributed by atoms with van der Waals surface area (Å²) < 4.78 is 5.36. The van der Waals surface area contributed by atoms with E-state index in [0.717, 1.165) is 5.56 Å². The van der Waals surface area contributed by atoms with E-state index in [1.54, 1.807) is 0 Å². The minimum atomic E-state index is -0.267. The fraction of sp³-hybridized carbons (Fsp3) is 0.417. The molecule has 0 bridgehead atoms. The van der Waals surface area contributed by atoms with Crippen molar-refractivity contribution >= 4 is 5.97 Å². The van der Waals surface area contributed by atoms with Crippen LogP contribution in [0.3, 0.4) is 0 Å². The summed E-state index contributed by atoms with van der Waals surface area (Å²) in [6.45, 7) is 0. The average molecular weight is 208 g/mol. The maximum atomic E-state index is 11.7.